The highest BCUT2D eigenvalue weighted by molar-refractivity contribution is 7.98. The summed E-state index contributed by atoms with van der Waals surface area (Å²) in [5, 5.41) is 9.39. The lowest BCUT2D eigenvalue weighted by Gasteiger charge is -2.14. The van der Waals surface area contributed by atoms with E-state index in [-0.39, 0.29) is 16.8 Å². The molecular weight excluding hydrogens is 286 g/mol. The Morgan fingerprint density at radius 2 is 2.24 bits per heavy atom. The zero-order valence-corrected chi connectivity index (χ0v) is 12.4. The summed E-state index contributed by atoms with van der Waals surface area (Å²) in [6, 6.07) is 9.20. The summed E-state index contributed by atoms with van der Waals surface area (Å²) in [5.74, 6) is -0.555. The highest BCUT2D eigenvalue weighted by Crippen LogP contribution is 2.35. The Balaban J connectivity index is 2.78. The summed E-state index contributed by atoms with van der Waals surface area (Å²) in [5.41, 5.74) is 7.83. The lowest BCUT2D eigenvalue weighted by Crippen LogP contribution is -2.10. The van der Waals surface area contributed by atoms with E-state index < -0.39 is 5.97 Å². The van der Waals surface area contributed by atoms with E-state index in [2.05, 4.69) is 11.1 Å². The van der Waals surface area contributed by atoms with Crippen molar-refractivity contribution in [3.05, 3.63) is 41.6 Å². The third-order valence-corrected chi connectivity index (χ3v) is 3.75. The molecule has 0 atom stereocenters. The molecule has 1 heterocycles. The van der Waals surface area contributed by atoms with Crippen molar-refractivity contribution in [3.63, 3.8) is 0 Å². The fourth-order valence-electron chi connectivity index (χ4n) is 2.00. The molecule has 0 aliphatic rings. The Morgan fingerprint density at radius 3 is 2.76 bits per heavy atom. The molecule has 0 unspecified atom stereocenters. The van der Waals surface area contributed by atoms with Crippen LogP contribution < -0.4 is 5.73 Å². The van der Waals surface area contributed by atoms with Gasteiger partial charge in [0.2, 0.25) is 0 Å². The third kappa shape index (κ3) is 2.69. The predicted octanol–water partition coefficient (Wildman–Crippen LogP) is 2.71. The van der Waals surface area contributed by atoms with Crippen LogP contribution in [0.4, 0.5) is 5.69 Å². The Hall–Kier alpha value is -2.52. The second kappa shape index (κ2) is 6.29. The van der Waals surface area contributed by atoms with Crippen molar-refractivity contribution < 1.29 is 9.53 Å². The van der Waals surface area contributed by atoms with Gasteiger partial charge in [0.15, 0.2) is 0 Å². The number of nitrogen functional groups attached to an aromatic ring is 1. The van der Waals surface area contributed by atoms with Gasteiger partial charge in [-0.1, -0.05) is 6.07 Å². The molecule has 2 aromatic rings. The summed E-state index contributed by atoms with van der Waals surface area (Å²) < 4.78 is 4.75. The first-order valence-electron chi connectivity index (χ1n) is 6.04. The Morgan fingerprint density at radius 1 is 1.48 bits per heavy atom. The predicted molar refractivity (Wildman–Crippen MR) is 81.9 cm³/mol. The number of nitrogens with two attached hydrogens (primary N) is 1. The molecular formula is C15H13N3O2S. The quantitative estimate of drug-likeness (QED) is 0.532. The first-order valence-corrected chi connectivity index (χ1v) is 7.26. The highest BCUT2D eigenvalue weighted by atomic mass is 32.2. The van der Waals surface area contributed by atoms with E-state index in [1.54, 1.807) is 24.4 Å². The van der Waals surface area contributed by atoms with Gasteiger partial charge in [-0.3, -0.25) is 4.98 Å². The summed E-state index contributed by atoms with van der Waals surface area (Å²) in [7, 11) is 1.28. The van der Waals surface area contributed by atoms with Crippen LogP contribution in [0.25, 0.3) is 11.3 Å². The van der Waals surface area contributed by atoms with Crippen LogP contribution in [0.15, 0.2) is 35.4 Å². The highest BCUT2D eigenvalue weighted by Gasteiger charge is 2.22. The SMILES string of the molecule is COC(=O)c1c(SC)cc(-c2ccccn2)c(C#N)c1N. The van der Waals surface area contributed by atoms with Gasteiger partial charge in [-0.05, 0) is 24.5 Å². The number of ether oxygens (including phenoxy) is 1. The number of pyridine rings is 1. The van der Waals surface area contributed by atoms with E-state index in [4.69, 9.17) is 10.5 Å². The number of nitriles is 1. The molecule has 0 aliphatic carbocycles. The van der Waals surface area contributed by atoms with Crippen molar-refractivity contribution in [2.75, 3.05) is 19.1 Å². The van der Waals surface area contributed by atoms with E-state index >= 15 is 0 Å². The maximum absolute atomic E-state index is 11.9. The van der Waals surface area contributed by atoms with Crippen molar-refractivity contribution in [1.82, 2.24) is 4.98 Å². The summed E-state index contributed by atoms with van der Waals surface area (Å²) in [6.07, 6.45) is 3.47. The molecule has 0 saturated heterocycles. The van der Waals surface area contributed by atoms with Crippen molar-refractivity contribution in [2.24, 2.45) is 0 Å². The minimum atomic E-state index is -0.555. The zero-order chi connectivity index (χ0) is 15.4. The van der Waals surface area contributed by atoms with Crippen molar-refractivity contribution in [2.45, 2.75) is 4.90 Å². The maximum Gasteiger partial charge on any atom is 0.341 e. The lowest BCUT2D eigenvalue weighted by molar-refractivity contribution is 0.0598. The fourth-order valence-corrected chi connectivity index (χ4v) is 2.63. The van der Waals surface area contributed by atoms with Gasteiger partial charge >= 0.3 is 5.97 Å². The lowest BCUT2D eigenvalue weighted by atomic mass is 9.99. The molecule has 0 fully saturated rings. The number of rotatable bonds is 3. The number of benzene rings is 1. The van der Waals surface area contributed by atoms with Crippen LogP contribution in [-0.2, 0) is 4.74 Å². The number of hydrogen-bond acceptors (Lipinski definition) is 6. The average molecular weight is 299 g/mol. The van der Waals surface area contributed by atoms with Crippen LogP contribution in [0.2, 0.25) is 0 Å². The van der Waals surface area contributed by atoms with Crippen LogP contribution in [0.5, 0.6) is 0 Å². The molecule has 0 radical (unpaired) electrons. The molecule has 1 aromatic carbocycles. The van der Waals surface area contributed by atoms with Crippen molar-refractivity contribution in [3.8, 4) is 17.3 Å². The van der Waals surface area contributed by atoms with E-state index in [0.717, 1.165) is 0 Å². The number of hydrogen-bond donors (Lipinski definition) is 1. The van der Waals surface area contributed by atoms with Gasteiger partial charge in [-0.25, -0.2) is 4.79 Å². The topological polar surface area (TPSA) is 89.0 Å². The van der Waals surface area contributed by atoms with Gasteiger partial charge in [0, 0.05) is 16.7 Å². The molecule has 6 heteroatoms. The second-order valence-electron chi connectivity index (χ2n) is 4.11. The van der Waals surface area contributed by atoms with Gasteiger partial charge in [0.25, 0.3) is 0 Å². The van der Waals surface area contributed by atoms with Gasteiger partial charge in [-0.15, -0.1) is 11.8 Å². The molecule has 106 valence electrons. The van der Waals surface area contributed by atoms with E-state index in [1.807, 2.05) is 12.3 Å². The largest absolute Gasteiger partial charge is 0.465 e. The van der Waals surface area contributed by atoms with Gasteiger partial charge < -0.3 is 10.5 Å². The smallest absolute Gasteiger partial charge is 0.341 e. The standard InChI is InChI=1S/C15H13N3O2S/c1-20-15(19)13-12(21-2)7-9(10(8-16)14(13)17)11-5-3-4-6-18-11/h3-7H,17H2,1-2H3. The molecule has 0 spiro atoms. The van der Waals surface area contributed by atoms with Crippen LogP contribution in [0, 0.1) is 11.3 Å². The molecule has 2 rings (SSSR count). The number of methoxy groups -OCH3 is 1. The molecule has 21 heavy (non-hydrogen) atoms. The molecule has 0 amide bonds. The minimum Gasteiger partial charge on any atom is -0.465 e. The van der Waals surface area contributed by atoms with Crippen LogP contribution in [0.1, 0.15) is 15.9 Å². The van der Waals surface area contributed by atoms with Crippen LogP contribution in [-0.4, -0.2) is 24.3 Å². The summed E-state index contributed by atoms with van der Waals surface area (Å²) in [4.78, 5) is 16.8. The van der Waals surface area contributed by atoms with Crippen LogP contribution >= 0.6 is 11.8 Å². The van der Waals surface area contributed by atoms with E-state index in [1.165, 1.54) is 18.9 Å². The number of carbonyl (C=O) groups excluding carboxylic acids is 1. The van der Waals surface area contributed by atoms with Crippen LogP contribution in [0.3, 0.4) is 0 Å². The number of nitrogens with zero attached hydrogens (tertiary/aromatic N) is 2. The number of aromatic nitrogens is 1. The molecule has 5 nitrogen and oxygen atoms in total. The number of anilines is 1. The molecule has 0 saturated carbocycles. The molecule has 2 N–H and O–H groups in total. The minimum absolute atomic E-state index is 0.122. The first-order chi connectivity index (χ1) is 10.1. The monoisotopic (exact) mass is 299 g/mol. The summed E-state index contributed by atoms with van der Waals surface area (Å²) >= 11 is 1.36. The van der Waals surface area contributed by atoms with Gasteiger partial charge in [0.05, 0.1) is 29.6 Å². The number of thioether (sulfide) groups is 1. The fraction of sp³-hybridized carbons (Fsp3) is 0.133. The maximum atomic E-state index is 11.9. The first kappa shape index (κ1) is 14.9. The van der Waals surface area contributed by atoms with Gasteiger partial charge in [0.1, 0.15) is 6.07 Å². The molecule has 0 bridgehead atoms. The summed E-state index contributed by atoms with van der Waals surface area (Å²) in [6.45, 7) is 0. The third-order valence-electron chi connectivity index (χ3n) is 2.99. The Labute approximate surface area is 126 Å². The second-order valence-corrected chi connectivity index (χ2v) is 4.96. The number of esters is 1. The Kier molecular flexibility index (Phi) is 4.45. The Bertz CT molecular complexity index is 724. The van der Waals surface area contributed by atoms with Gasteiger partial charge in [-0.2, -0.15) is 5.26 Å². The van der Waals surface area contributed by atoms with E-state index in [9.17, 15) is 10.1 Å². The normalized spacial score (nSPS) is 9.95. The van der Waals surface area contributed by atoms with E-state index in [0.29, 0.717) is 16.2 Å². The number of carbonyl (C=O) groups is 1. The van der Waals surface area contributed by atoms with Crippen molar-refractivity contribution >= 4 is 23.4 Å². The zero-order valence-electron chi connectivity index (χ0n) is 11.6. The molecule has 0 aliphatic heterocycles. The van der Waals surface area contributed by atoms with Crippen molar-refractivity contribution in [1.29, 1.82) is 5.26 Å². The molecule has 1 aromatic heterocycles. The average Bonchev–Trinajstić information content (AvgIpc) is 2.53.